The van der Waals surface area contributed by atoms with Gasteiger partial charge in [0, 0.05) is 30.1 Å². The minimum absolute atomic E-state index is 0.0694. The van der Waals surface area contributed by atoms with Crippen molar-refractivity contribution in [2.24, 2.45) is 5.92 Å². The number of H-pyrrole nitrogens is 1. The normalized spacial score (nSPS) is 13.2. The Kier molecular flexibility index (Phi) is 9.68. The van der Waals surface area contributed by atoms with Crippen molar-refractivity contribution in [2.45, 2.75) is 71.6 Å². The molecule has 0 bridgehead atoms. The summed E-state index contributed by atoms with van der Waals surface area (Å²) < 4.78 is 5.29. The maximum Gasteiger partial charge on any atom is 0.408 e. The fourth-order valence-electron chi connectivity index (χ4n) is 3.57. The maximum atomic E-state index is 13.2. The molecule has 192 valence electrons. The van der Waals surface area contributed by atoms with Crippen LogP contribution in [0.3, 0.4) is 0 Å². The van der Waals surface area contributed by atoms with Gasteiger partial charge in [0.05, 0.1) is 6.42 Å². The predicted molar refractivity (Wildman–Crippen MR) is 132 cm³/mol. The maximum absolute atomic E-state index is 13.2. The number of carbonyl (C=O) groups excluding carboxylic acids is 3. The van der Waals surface area contributed by atoms with E-state index in [1.165, 1.54) is 0 Å². The van der Waals surface area contributed by atoms with Crippen LogP contribution in [0.5, 0.6) is 0 Å². The second kappa shape index (κ2) is 12.2. The predicted octanol–water partition coefficient (Wildman–Crippen LogP) is 2.73. The zero-order valence-electron chi connectivity index (χ0n) is 20.9. The lowest BCUT2D eigenvalue weighted by atomic mass is 10.0. The molecule has 0 aliphatic rings. The van der Waals surface area contributed by atoms with Crippen molar-refractivity contribution in [3.05, 3.63) is 36.0 Å². The minimum Gasteiger partial charge on any atom is -0.481 e. The summed E-state index contributed by atoms with van der Waals surface area (Å²) in [6.45, 7) is 8.94. The first-order valence-corrected chi connectivity index (χ1v) is 11.7. The summed E-state index contributed by atoms with van der Waals surface area (Å²) in [6, 6.07) is 5.69. The summed E-state index contributed by atoms with van der Waals surface area (Å²) in [5.41, 5.74) is 0.980. The fourth-order valence-corrected chi connectivity index (χ4v) is 3.57. The van der Waals surface area contributed by atoms with Crippen molar-refractivity contribution >= 4 is 34.8 Å². The summed E-state index contributed by atoms with van der Waals surface area (Å²) in [7, 11) is 0. The number of hydrogen-bond acceptors (Lipinski definition) is 5. The summed E-state index contributed by atoms with van der Waals surface area (Å²) in [4.78, 5) is 52.5. The van der Waals surface area contributed by atoms with Gasteiger partial charge in [-0.25, -0.2) is 4.79 Å². The lowest BCUT2D eigenvalue weighted by Crippen LogP contribution is -2.55. The van der Waals surface area contributed by atoms with Gasteiger partial charge < -0.3 is 30.8 Å². The van der Waals surface area contributed by atoms with Crippen molar-refractivity contribution in [1.29, 1.82) is 0 Å². The number of amides is 3. The monoisotopic (exact) mass is 488 g/mol. The molecule has 1 aromatic heterocycles. The Morgan fingerprint density at radius 1 is 1.03 bits per heavy atom. The number of carboxylic acid groups (broad SMARTS) is 1. The lowest BCUT2D eigenvalue weighted by Gasteiger charge is -2.26. The van der Waals surface area contributed by atoms with Gasteiger partial charge in [-0.15, -0.1) is 0 Å². The summed E-state index contributed by atoms with van der Waals surface area (Å²) in [6.07, 6.45) is 1.33. The van der Waals surface area contributed by atoms with Crippen LogP contribution in [0.25, 0.3) is 10.9 Å². The third kappa shape index (κ3) is 9.30. The second-order valence-corrected chi connectivity index (χ2v) is 9.89. The SMILES string of the molecule is CC(C)C[C@H](NC(=O)OC(C)(C)C)C(=O)N[C@H](Cc1c[nH]c2ccccc12)C(=O)NCCC(=O)O. The van der Waals surface area contributed by atoms with Crippen molar-refractivity contribution in [3.8, 4) is 0 Å². The standard InChI is InChI=1S/C25H36N4O6/c1-15(2)12-19(29-24(34)35-25(3,4)5)23(33)28-20(22(32)26-11-10-21(30)31)13-16-14-27-18-9-7-6-8-17(16)18/h6-9,14-15,19-20,27H,10-13H2,1-5H3,(H,26,32)(H,28,33)(H,29,34)(H,30,31)/t19-,20+/m0/s1. The van der Waals surface area contributed by atoms with Crippen LogP contribution in [0, 0.1) is 5.92 Å². The molecule has 10 nitrogen and oxygen atoms in total. The van der Waals surface area contributed by atoms with E-state index in [0.29, 0.717) is 6.42 Å². The van der Waals surface area contributed by atoms with Crippen LogP contribution in [-0.4, -0.2) is 58.2 Å². The average Bonchev–Trinajstić information content (AvgIpc) is 3.13. The van der Waals surface area contributed by atoms with Gasteiger partial charge >= 0.3 is 12.1 Å². The molecule has 0 unspecified atom stereocenters. The summed E-state index contributed by atoms with van der Waals surface area (Å²) >= 11 is 0. The van der Waals surface area contributed by atoms with Gasteiger partial charge in [0.2, 0.25) is 11.8 Å². The number of benzene rings is 1. The van der Waals surface area contributed by atoms with Gasteiger partial charge in [0.1, 0.15) is 17.7 Å². The molecule has 35 heavy (non-hydrogen) atoms. The van der Waals surface area contributed by atoms with Crippen LogP contribution in [0.4, 0.5) is 4.79 Å². The molecule has 2 atom stereocenters. The summed E-state index contributed by atoms with van der Waals surface area (Å²) in [5.74, 6) is -1.99. The molecule has 0 fully saturated rings. The molecule has 5 N–H and O–H groups in total. The van der Waals surface area contributed by atoms with Crippen LogP contribution >= 0.6 is 0 Å². The number of hydrogen-bond donors (Lipinski definition) is 5. The van der Waals surface area contributed by atoms with E-state index in [-0.39, 0.29) is 25.3 Å². The van der Waals surface area contributed by atoms with Crippen molar-refractivity contribution in [2.75, 3.05) is 6.54 Å². The number of rotatable bonds is 11. The molecule has 0 saturated carbocycles. The van der Waals surface area contributed by atoms with E-state index in [9.17, 15) is 19.2 Å². The Labute approximate surface area is 205 Å². The number of nitrogens with one attached hydrogen (secondary N) is 4. The highest BCUT2D eigenvalue weighted by Gasteiger charge is 2.29. The van der Waals surface area contributed by atoms with Crippen LogP contribution in [0.15, 0.2) is 30.5 Å². The average molecular weight is 489 g/mol. The van der Waals surface area contributed by atoms with E-state index in [1.807, 2.05) is 38.1 Å². The van der Waals surface area contributed by atoms with E-state index in [1.54, 1.807) is 27.0 Å². The van der Waals surface area contributed by atoms with Gasteiger partial charge in [-0.05, 0) is 44.7 Å². The lowest BCUT2D eigenvalue weighted by molar-refractivity contribution is -0.137. The Morgan fingerprint density at radius 2 is 1.71 bits per heavy atom. The molecule has 1 aromatic carbocycles. The smallest absolute Gasteiger partial charge is 0.408 e. The first-order valence-electron chi connectivity index (χ1n) is 11.7. The number of para-hydroxylation sites is 1. The van der Waals surface area contributed by atoms with E-state index < -0.39 is 41.6 Å². The zero-order valence-corrected chi connectivity index (χ0v) is 20.9. The number of alkyl carbamates (subject to hydrolysis) is 1. The highest BCUT2D eigenvalue weighted by Crippen LogP contribution is 2.19. The molecular formula is C25H36N4O6. The Hall–Kier alpha value is -3.56. The second-order valence-electron chi connectivity index (χ2n) is 9.89. The highest BCUT2D eigenvalue weighted by atomic mass is 16.6. The van der Waals surface area contributed by atoms with Gasteiger partial charge in [-0.2, -0.15) is 0 Å². The summed E-state index contributed by atoms with van der Waals surface area (Å²) in [5, 5.41) is 17.7. The molecule has 0 radical (unpaired) electrons. The highest BCUT2D eigenvalue weighted by molar-refractivity contribution is 5.92. The Morgan fingerprint density at radius 3 is 2.34 bits per heavy atom. The number of aromatic nitrogens is 1. The zero-order chi connectivity index (χ0) is 26.2. The van der Waals surface area contributed by atoms with Crippen molar-refractivity contribution < 1.29 is 29.0 Å². The Balaban J connectivity index is 2.22. The van der Waals surface area contributed by atoms with E-state index in [2.05, 4.69) is 20.9 Å². The first kappa shape index (κ1) is 27.7. The fraction of sp³-hybridized carbons (Fsp3) is 0.520. The van der Waals surface area contributed by atoms with E-state index in [4.69, 9.17) is 9.84 Å². The number of carbonyl (C=O) groups is 4. The first-order chi connectivity index (χ1) is 16.4. The molecule has 3 amide bonds. The van der Waals surface area contributed by atoms with Gasteiger partial charge in [0.25, 0.3) is 0 Å². The van der Waals surface area contributed by atoms with Crippen LogP contribution in [0.2, 0.25) is 0 Å². The van der Waals surface area contributed by atoms with E-state index >= 15 is 0 Å². The molecule has 0 aliphatic carbocycles. The third-order valence-electron chi connectivity index (χ3n) is 5.08. The molecular weight excluding hydrogens is 452 g/mol. The number of aromatic amines is 1. The van der Waals surface area contributed by atoms with Crippen molar-refractivity contribution in [1.82, 2.24) is 20.9 Å². The van der Waals surface area contributed by atoms with Crippen LogP contribution in [0.1, 0.15) is 53.0 Å². The number of fused-ring (bicyclic) bond motifs is 1. The molecule has 10 heteroatoms. The molecule has 0 saturated heterocycles. The molecule has 2 aromatic rings. The minimum atomic E-state index is -1.04. The van der Waals surface area contributed by atoms with Crippen LogP contribution < -0.4 is 16.0 Å². The number of aliphatic carboxylic acids is 1. The van der Waals surface area contributed by atoms with Crippen LogP contribution in [-0.2, 0) is 25.5 Å². The molecule has 0 aliphatic heterocycles. The molecule has 0 spiro atoms. The third-order valence-corrected chi connectivity index (χ3v) is 5.08. The number of carboxylic acids is 1. The number of ether oxygens (including phenoxy) is 1. The van der Waals surface area contributed by atoms with E-state index in [0.717, 1.165) is 16.5 Å². The topological polar surface area (TPSA) is 150 Å². The molecule has 1 heterocycles. The largest absolute Gasteiger partial charge is 0.481 e. The quantitative estimate of drug-likeness (QED) is 0.328. The molecule has 2 rings (SSSR count). The Bertz CT molecular complexity index is 1040. The van der Waals surface area contributed by atoms with Gasteiger partial charge in [0.15, 0.2) is 0 Å². The van der Waals surface area contributed by atoms with Gasteiger partial charge in [-0.1, -0.05) is 32.0 Å². The van der Waals surface area contributed by atoms with Crippen molar-refractivity contribution in [3.63, 3.8) is 0 Å². The van der Waals surface area contributed by atoms with Gasteiger partial charge in [-0.3, -0.25) is 14.4 Å².